The molecule has 1 aliphatic heterocycles. The van der Waals surface area contributed by atoms with Crippen LogP contribution in [0.25, 0.3) is 0 Å². The predicted molar refractivity (Wildman–Crippen MR) is 72.1 cm³/mol. The predicted octanol–water partition coefficient (Wildman–Crippen LogP) is 1.57. The summed E-state index contributed by atoms with van der Waals surface area (Å²) in [7, 11) is 0. The Bertz CT molecular complexity index is 180. The SMILES string of the molecule is CCOC(CN)CCN1CCSC(CC)C1. The number of hydrogen-bond donors (Lipinski definition) is 1. The third-order valence-corrected chi connectivity index (χ3v) is 4.48. The minimum atomic E-state index is 0.250. The van der Waals surface area contributed by atoms with Crippen molar-refractivity contribution < 1.29 is 4.74 Å². The molecule has 0 spiro atoms. The third kappa shape index (κ3) is 5.04. The van der Waals surface area contributed by atoms with Gasteiger partial charge in [0.1, 0.15) is 0 Å². The Morgan fingerprint density at radius 2 is 2.31 bits per heavy atom. The van der Waals surface area contributed by atoms with Crippen LogP contribution in [0.2, 0.25) is 0 Å². The highest BCUT2D eigenvalue weighted by Gasteiger charge is 2.19. The van der Waals surface area contributed by atoms with Crippen LogP contribution in [-0.4, -0.2) is 54.8 Å². The lowest BCUT2D eigenvalue weighted by Gasteiger charge is -2.32. The van der Waals surface area contributed by atoms with Gasteiger partial charge in [-0.2, -0.15) is 11.8 Å². The largest absolute Gasteiger partial charge is 0.377 e. The second-order valence-electron chi connectivity index (χ2n) is 4.30. The third-order valence-electron chi connectivity index (χ3n) is 3.11. The Morgan fingerprint density at radius 3 is 2.94 bits per heavy atom. The van der Waals surface area contributed by atoms with Crippen LogP contribution in [0, 0.1) is 0 Å². The van der Waals surface area contributed by atoms with E-state index in [-0.39, 0.29) is 6.10 Å². The molecular weight excluding hydrogens is 220 g/mol. The van der Waals surface area contributed by atoms with Crippen molar-refractivity contribution in [2.75, 3.05) is 38.5 Å². The average Bonchev–Trinajstić information content (AvgIpc) is 2.34. The van der Waals surface area contributed by atoms with Crippen molar-refractivity contribution in [2.24, 2.45) is 5.73 Å². The van der Waals surface area contributed by atoms with E-state index in [1.807, 2.05) is 6.92 Å². The Morgan fingerprint density at radius 1 is 1.50 bits per heavy atom. The zero-order valence-electron chi connectivity index (χ0n) is 10.7. The summed E-state index contributed by atoms with van der Waals surface area (Å²) in [5, 5.41) is 0.831. The summed E-state index contributed by atoms with van der Waals surface area (Å²) < 4.78 is 5.58. The second-order valence-corrected chi connectivity index (χ2v) is 5.71. The van der Waals surface area contributed by atoms with Gasteiger partial charge in [0.25, 0.3) is 0 Å². The van der Waals surface area contributed by atoms with Gasteiger partial charge in [0.2, 0.25) is 0 Å². The van der Waals surface area contributed by atoms with E-state index in [4.69, 9.17) is 10.5 Å². The van der Waals surface area contributed by atoms with Crippen LogP contribution < -0.4 is 5.73 Å². The molecule has 0 saturated carbocycles. The molecule has 0 radical (unpaired) electrons. The van der Waals surface area contributed by atoms with Crippen LogP contribution in [0.15, 0.2) is 0 Å². The molecule has 2 atom stereocenters. The molecule has 0 aromatic rings. The van der Waals surface area contributed by atoms with E-state index >= 15 is 0 Å². The first-order valence-electron chi connectivity index (χ1n) is 6.45. The van der Waals surface area contributed by atoms with Gasteiger partial charge in [0.15, 0.2) is 0 Å². The molecule has 0 aromatic carbocycles. The van der Waals surface area contributed by atoms with Gasteiger partial charge in [0, 0.05) is 43.8 Å². The molecule has 2 N–H and O–H groups in total. The highest BCUT2D eigenvalue weighted by molar-refractivity contribution is 8.00. The topological polar surface area (TPSA) is 38.5 Å². The molecule has 0 aromatic heterocycles. The molecule has 1 fully saturated rings. The first-order chi connectivity index (χ1) is 7.80. The van der Waals surface area contributed by atoms with Crippen molar-refractivity contribution in [3.8, 4) is 0 Å². The summed E-state index contributed by atoms with van der Waals surface area (Å²) in [6.07, 6.45) is 2.61. The molecule has 1 aliphatic rings. The number of ether oxygens (including phenoxy) is 1. The van der Waals surface area contributed by atoms with Gasteiger partial charge in [0.05, 0.1) is 6.10 Å². The molecule has 0 amide bonds. The number of hydrogen-bond acceptors (Lipinski definition) is 4. The first-order valence-corrected chi connectivity index (χ1v) is 7.50. The van der Waals surface area contributed by atoms with Crippen molar-refractivity contribution >= 4 is 11.8 Å². The minimum Gasteiger partial charge on any atom is -0.377 e. The molecule has 1 heterocycles. The molecule has 4 heteroatoms. The smallest absolute Gasteiger partial charge is 0.0709 e. The maximum absolute atomic E-state index is 5.68. The van der Waals surface area contributed by atoms with Crippen LogP contribution in [0.5, 0.6) is 0 Å². The molecule has 2 unspecified atom stereocenters. The molecule has 0 bridgehead atoms. The van der Waals surface area contributed by atoms with Gasteiger partial charge < -0.3 is 15.4 Å². The van der Waals surface area contributed by atoms with Gasteiger partial charge in [-0.15, -0.1) is 0 Å². The maximum atomic E-state index is 5.68. The molecule has 96 valence electrons. The van der Waals surface area contributed by atoms with Crippen LogP contribution in [-0.2, 0) is 4.74 Å². The number of rotatable bonds is 7. The van der Waals surface area contributed by atoms with Crippen molar-refractivity contribution in [2.45, 2.75) is 38.0 Å². The molecule has 3 nitrogen and oxygen atoms in total. The fraction of sp³-hybridized carbons (Fsp3) is 1.00. The maximum Gasteiger partial charge on any atom is 0.0709 e. The fourth-order valence-corrected chi connectivity index (χ4v) is 3.31. The molecule has 0 aliphatic carbocycles. The summed E-state index contributed by atoms with van der Waals surface area (Å²) in [6, 6.07) is 0. The van der Waals surface area contributed by atoms with E-state index in [2.05, 4.69) is 23.6 Å². The lowest BCUT2D eigenvalue weighted by molar-refractivity contribution is 0.0546. The molecule has 1 rings (SSSR count). The first kappa shape index (κ1) is 14.3. The Labute approximate surface area is 104 Å². The van der Waals surface area contributed by atoms with Gasteiger partial charge in [-0.3, -0.25) is 0 Å². The summed E-state index contributed by atoms with van der Waals surface area (Å²) in [5.74, 6) is 1.28. The lowest BCUT2D eigenvalue weighted by atomic mass is 10.2. The van der Waals surface area contributed by atoms with Crippen LogP contribution in [0.3, 0.4) is 0 Å². The van der Waals surface area contributed by atoms with Crippen molar-refractivity contribution in [1.82, 2.24) is 4.90 Å². The highest BCUT2D eigenvalue weighted by atomic mass is 32.2. The molecule has 16 heavy (non-hydrogen) atoms. The second kappa shape index (κ2) is 8.34. The van der Waals surface area contributed by atoms with Crippen molar-refractivity contribution in [1.29, 1.82) is 0 Å². The monoisotopic (exact) mass is 246 g/mol. The zero-order valence-corrected chi connectivity index (χ0v) is 11.5. The van der Waals surface area contributed by atoms with Gasteiger partial charge >= 0.3 is 0 Å². The quantitative estimate of drug-likeness (QED) is 0.740. The van der Waals surface area contributed by atoms with E-state index in [0.717, 1.165) is 24.8 Å². The summed E-state index contributed by atoms with van der Waals surface area (Å²) in [5.41, 5.74) is 5.68. The summed E-state index contributed by atoms with van der Waals surface area (Å²) in [6.45, 7) is 9.34. The Kier molecular flexibility index (Phi) is 7.45. The molecule has 1 saturated heterocycles. The van der Waals surface area contributed by atoms with Crippen LogP contribution >= 0.6 is 11.8 Å². The van der Waals surface area contributed by atoms with E-state index in [1.54, 1.807) is 0 Å². The van der Waals surface area contributed by atoms with Gasteiger partial charge in [-0.25, -0.2) is 0 Å². The van der Waals surface area contributed by atoms with Crippen LogP contribution in [0.1, 0.15) is 26.7 Å². The van der Waals surface area contributed by atoms with E-state index in [9.17, 15) is 0 Å². The van der Waals surface area contributed by atoms with Crippen LogP contribution in [0.4, 0.5) is 0 Å². The standard InChI is InChI=1S/C12H26N2OS/c1-3-12-10-14(7-8-16-12)6-5-11(9-13)15-4-2/h11-12H,3-10,13H2,1-2H3. The lowest BCUT2D eigenvalue weighted by Crippen LogP contribution is -2.40. The fourth-order valence-electron chi connectivity index (χ4n) is 2.06. The summed E-state index contributed by atoms with van der Waals surface area (Å²) >= 11 is 2.12. The normalized spacial score (nSPS) is 24.6. The van der Waals surface area contributed by atoms with E-state index in [1.165, 1.54) is 25.3 Å². The number of nitrogens with zero attached hydrogens (tertiary/aromatic N) is 1. The molecular formula is C12H26N2OS. The van der Waals surface area contributed by atoms with Gasteiger partial charge in [-0.05, 0) is 19.8 Å². The number of thioether (sulfide) groups is 1. The van der Waals surface area contributed by atoms with Crippen molar-refractivity contribution in [3.63, 3.8) is 0 Å². The Hall–Kier alpha value is 0.230. The number of nitrogens with two attached hydrogens (primary N) is 1. The average molecular weight is 246 g/mol. The minimum absolute atomic E-state index is 0.250. The van der Waals surface area contributed by atoms with Crippen molar-refractivity contribution in [3.05, 3.63) is 0 Å². The zero-order chi connectivity index (χ0) is 11.8. The van der Waals surface area contributed by atoms with Gasteiger partial charge in [-0.1, -0.05) is 6.92 Å². The highest BCUT2D eigenvalue weighted by Crippen LogP contribution is 2.21. The Balaban J connectivity index is 2.20. The van der Waals surface area contributed by atoms with E-state index < -0.39 is 0 Å². The summed E-state index contributed by atoms with van der Waals surface area (Å²) in [4.78, 5) is 2.56. The van der Waals surface area contributed by atoms with E-state index in [0.29, 0.717) is 6.54 Å².